The van der Waals surface area contributed by atoms with Crippen LogP contribution >= 0.6 is 45.9 Å². The molecule has 0 aliphatic heterocycles. The van der Waals surface area contributed by atoms with Crippen LogP contribution in [0.25, 0.3) is 16.3 Å². The summed E-state index contributed by atoms with van der Waals surface area (Å²) in [6.07, 6.45) is 2.63. The Hall–Kier alpha value is -2.53. The van der Waals surface area contributed by atoms with Gasteiger partial charge in [0, 0.05) is 22.0 Å². The van der Waals surface area contributed by atoms with Gasteiger partial charge >= 0.3 is 11.0 Å². The van der Waals surface area contributed by atoms with Crippen molar-refractivity contribution in [2.45, 2.75) is 6.54 Å². The van der Waals surface area contributed by atoms with Gasteiger partial charge in [-0.3, -0.25) is 19.7 Å². The van der Waals surface area contributed by atoms with Crippen LogP contribution in [0.3, 0.4) is 0 Å². The van der Waals surface area contributed by atoms with Crippen LogP contribution in [0.5, 0.6) is 0 Å². The Bertz CT molecular complexity index is 1230. The topological polar surface area (TPSA) is 104 Å². The third-order valence-corrected chi connectivity index (χ3v) is 6.13. The fraction of sp³-hybridized carbons (Fsp3) is 0.118. The number of fused-ring (bicyclic) bond motifs is 1. The molecule has 150 valence electrons. The Kier molecular flexibility index (Phi) is 6.48. The number of hydrogen-bond donors (Lipinski definition) is 0. The standard InChI is InChI=1S/C17H11Cl2N3O5S2/c1-27-15(24)8-21-16-11(19)6-9(18)7-12(16)29-17(21)20-13(23)4-2-10-3-5-14(28-10)22(25)26/h2-7H,8H2,1H3/b4-2+,20-17?. The van der Waals surface area contributed by atoms with Crippen LogP contribution in [0.2, 0.25) is 10.0 Å². The largest absolute Gasteiger partial charge is 0.468 e. The predicted octanol–water partition coefficient (Wildman–Crippen LogP) is 4.29. The van der Waals surface area contributed by atoms with E-state index in [1.165, 1.54) is 42.0 Å². The van der Waals surface area contributed by atoms with E-state index in [4.69, 9.17) is 27.9 Å². The summed E-state index contributed by atoms with van der Waals surface area (Å²) in [5.74, 6) is -1.14. The molecule has 0 spiro atoms. The van der Waals surface area contributed by atoms with E-state index in [2.05, 4.69) is 4.99 Å². The van der Waals surface area contributed by atoms with E-state index in [0.717, 1.165) is 22.7 Å². The third kappa shape index (κ3) is 4.91. The van der Waals surface area contributed by atoms with Crippen LogP contribution in [0.4, 0.5) is 5.00 Å². The lowest BCUT2D eigenvalue weighted by atomic mass is 10.3. The van der Waals surface area contributed by atoms with Gasteiger partial charge in [0.05, 0.1) is 27.3 Å². The quantitative estimate of drug-likeness (QED) is 0.239. The van der Waals surface area contributed by atoms with Crippen LogP contribution in [0.1, 0.15) is 4.88 Å². The highest BCUT2D eigenvalue weighted by atomic mass is 35.5. The Morgan fingerprint density at radius 3 is 2.72 bits per heavy atom. The maximum atomic E-state index is 12.3. The van der Waals surface area contributed by atoms with Crippen LogP contribution in [-0.2, 0) is 20.9 Å². The number of thiazole rings is 1. The van der Waals surface area contributed by atoms with E-state index in [1.54, 1.807) is 6.07 Å². The Balaban J connectivity index is 2.01. The first-order valence-electron chi connectivity index (χ1n) is 7.84. The summed E-state index contributed by atoms with van der Waals surface area (Å²) >= 11 is 14.4. The Morgan fingerprint density at radius 1 is 1.31 bits per heavy atom. The molecule has 2 aromatic heterocycles. The zero-order valence-corrected chi connectivity index (χ0v) is 17.8. The second kappa shape index (κ2) is 8.87. The molecule has 0 aliphatic rings. The van der Waals surface area contributed by atoms with Crippen LogP contribution in [-0.4, -0.2) is 28.5 Å². The minimum absolute atomic E-state index is 0.0269. The molecular formula is C17H11Cl2N3O5S2. The highest BCUT2D eigenvalue weighted by molar-refractivity contribution is 7.16. The number of nitrogens with zero attached hydrogens (tertiary/aromatic N) is 3. The van der Waals surface area contributed by atoms with Gasteiger partial charge in [-0.2, -0.15) is 4.99 Å². The molecule has 1 amide bonds. The molecule has 0 saturated carbocycles. The predicted molar refractivity (Wildman–Crippen MR) is 112 cm³/mol. The molecule has 0 fully saturated rings. The second-order valence-corrected chi connectivity index (χ2v) is 8.44. The van der Waals surface area contributed by atoms with Crippen molar-refractivity contribution in [3.8, 4) is 0 Å². The van der Waals surface area contributed by atoms with E-state index < -0.39 is 16.8 Å². The first kappa shape index (κ1) is 21.2. The maximum absolute atomic E-state index is 12.3. The van der Waals surface area contributed by atoms with Crippen LogP contribution < -0.4 is 4.80 Å². The van der Waals surface area contributed by atoms with E-state index in [0.29, 0.717) is 25.1 Å². The maximum Gasteiger partial charge on any atom is 0.325 e. The summed E-state index contributed by atoms with van der Waals surface area (Å²) in [6, 6.07) is 6.08. The normalized spacial score (nSPS) is 12.0. The number of thiophene rings is 1. The number of benzene rings is 1. The average molecular weight is 472 g/mol. The number of ether oxygens (including phenoxy) is 1. The van der Waals surface area contributed by atoms with Gasteiger partial charge in [0.2, 0.25) is 0 Å². The van der Waals surface area contributed by atoms with Gasteiger partial charge in [-0.1, -0.05) is 45.9 Å². The van der Waals surface area contributed by atoms with Crippen molar-refractivity contribution in [1.29, 1.82) is 0 Å². The molecular weight excluding hydrogens is 461 g/mol. The van der Waals surface area contributed by atoms with Gasteiger partial charge in [0.15, 0.2) is 4.80 Å². The van der Waals surface area contributed by atoms with Gasteiger partial charge in [-0.15, -0.1) is 0 Å². The van der Waals surface area contributed by atoms with Crippen LogP contribution in [0.15, 0.2) is 35.3 Å². The minimum Gasteiger partial charge on any atom is -0.468 e. The van der Waals surface area contributed by atoms with Gasteiger partial charge < -0.3 is 9.30 Å². The van der Waals surface area contributed by atoms with Crippen molar-refractivity contribution in [2.24, 2.45) is 4.99 Å². The SMILES string of the molecule is COC(=O)Cn1c(=NC(=O)/C=C/c2ccc([N+](=O)[O-])s2)sc2cc(Cl)cc(Cl)c21. The molecule has 0 saturated heterocycles. The van der Waals surface area contributed by atoms with Crippen molar-refractivity contribution in [3.63, 3.8) is 0 Å². The number of hydrogen-bond acceptors (Lipinski definition) is 7. The number of aromatic nitrogens is 1. The molecule has 0 bridgehead atoms. The summed E-state index contributed by atoms with van der Waals surface area (Å²) in [6.45, 7) is -0.190. The molecule has 0 atom stereocenters. The molecule has 0 N–H and O–H groups in total. The van der Waals surface area contributed by atoms with Crippen molar-refractivity contribution in [3.05, 3.63) is 60.2 Å². The fourth-order valence-corrected chi connectivity index (χ4v) is 4.91. The van der Waals surface area contributed by atoms with Crippen molar-refractivity contribution >= 4 is 79.0 Å². The molecule has 3 rings (SSSR count). The second-order valence-electron chi connectivity index (χ2n) is 5.50. The summed E-state index contributed by atoms with van der Waals surface area (Å²) in [4.78, 5) is 39.1. The third-order valence-electron chi connectivity index (χ3n) is 3.60. The molecule has 2 heterocycles. The molecule has 3 aromatic rings. The van der Waals surface area contributed by atoms with E-state index in [-0.39, 0.29) is 16.3 Å². The number of methoxy groups -OCH3 is 1. The molecule has 0 unspecified atom stereocenters. The number of rotatable bonds is 5. The van der Waals surface area contributed by atoms with E-state index in [1.807, 2.05) is 0 Å². The van der Waals surface area contributed by atoms with Crippen LogP contribution in [0, 0.1) is 10.1 Å². The molecule has 0 aliphatic carbocycles. The number of nitro groups is 1. The van der Waals surface area contributed by atoms with Gasteiger partial charge in [0.1, 0.15) is 6.54 Å². The number of esters is 1. The van der Waals surface area contributed by atoms with Gasteiger partial charge in [-0.25, -0.2) is 0 Å². The highest BCUT2D eigenvalue weighted by Gasteiger charge is 2.15. The number of amides is 1. The Morgan fingerprint density at radius 2 is 2.07 bits per heavy atom. The smallest absolute Gasteiger partial charge is 0.325 e. The molecule has 12 heteroatoms. The first-order chi connectivity index (χ1) is 13.8. The monoisotopic (exact) mass is 471 g/mol. The zero-order valence-electron chi connectivity index (χ0n) is 14.6. The zero-order chi connectivity index (χ0) is 21.1. The lowest BCUT2D eigenvalue weighted by molar-refractivity contribution is -0.380. The first-order valence-corrected chi connectivity index (χ1v) is 10.2. The summed E-state index contributed by atoms with van der Waals surface area (Å²) in [5, 5.41) is 11.4. The van der Waals surface area contributed by atoms with Crippen molar-refractivity contribution in [2.75, 3.05) is 7.11 Å². The average Bonchev–Trinajstić information content (AvgIpc) is 3.25. The number of carbonyl (C=O) groups excluding carboxylic acids is 2. The highest BCUT2D eigenvalue weighted by Crippen LogP contribution is 2.30. The lowest BCUT2D eigenvalue weighted by Gasteiger charge is -2.05. The van der Waals surface area contributed by atoms with Gasteiger partial charge in [-0.05, 0) is 24.3 Å². The van der Waals surface area contributed by atoms with Crippen molar-refractivity contribution in [1.82, 2.24) is 4.57 Å². The number of carbonyl (C=O) groups is 2. The lowest BCUT2D eigenvalue weighted by Crippen LogP contribution is -2.22. The molecule has 0 radical (unpaired) electrons. The summed E-state index contributed by atoms with van der Waals surface area (Å²) in [5.41, 5.74) is 0.510. The van der Waals surface area contributed by atoms with Crippen molar-refractivity contribution < 1.29 is 19.2 Å². The summed E-state index contributed by atoms with van der Waals surface area (Å²) in [7, 11) is 1.25. The summed E-state index contributed by atoms with van der Waals surface area (Å²) < 4.78 is 6.83. The molecule has 29 heavy (non-hydrogen) atoms. The Labute approximate surface area is 181 Å². The number of halogens is 2. The molecule has 8 nitrogen and oxygen atoms in total. The van der Waals surface area contributed by atoms with E-state index in [9.17, 15) is 19.7 Å². The fourth-order valence-electron chi connectivity index (χ4n) is 2.37. The van der Waals surface area contributed by atoms with Gasteiger partial charge in [0.25, 0.3) is 5.91 Å². The minimum atomic E-state index is -0.603. The van der Waals surface area contributed by atoms with E-state index >= 15 is 0 Å². The molecule has 1 aromatic carbocycles.